The average Bonchev–Trinajstić information content (AvgIpc) is 3.53. The number of alkyl halides is 1. The van der Waals surface area contributed by atoms with Crippen LogP contribution in [-0.2, 0) is 16.2 Å². The van der Waals surface area contributed by atoms with E-state index in [2.05, 4.69) is 35.9 Å². The Morgan fingerprint density at radius 1 is 1.18 bits per heavy atom. The van der Waals surface area contributed by atoms with Crippen molar-refractivity contribution in [3.05, 3.63) is 64.7 Å². The van der Waals surface area contributed by atoms with Gasteiger partial charge in [-0.3, -0.25) is 5.10 Å². The first kappa shape index (κ1) is 29.7. The maximum Gasteiger partial charge on any atom is 0.198 e. The fraction of sp³-hybridized carbons (Fsp3) is 0.414. The molecule has 0 aliphatic carbocycles. The minimum atomic E-state index is -1.27. The van der Waals surface area contributed by atoms with Crippen molar-refractivity contribution in [3.63, 3.8) is 0 Å². The summed E-state index contributed by atoms with van der Waals surface area (Å²) in [6.07, 6.45) is 0.0687. The van der Waals surface area contributed by atoms with Crippen LogP contribution in [0.15, 0.2) is 36.4 Å². The molecule has 1 unspecified atom stereocenters. The Morgan fingerprint density at radius 3 is 2.65 bits per heavy atom. The number of aromatic amines is 1. The third kappa shape index (κ3) is 6.73. The monoisotopic (exact) mass is 583 g/mol. The molecule has 4 rings (SSSR count). The van der Waals surface area contributed by atoms with E-state index in [1.54, 1.807) is 19.2 Å². The molecule has 0 spiro atoms. The maximum atomic E-state index is 13.9. The van der Waals surface area contributed by atoms with Crippen LogP contribution < -0.4 is 4.74 Å². The number of fused-ring (bicyclic) bond motifs is 1. The first-order valence-electron chi connectivity index (χ1n) is 13.2. The zero-order valence-corrected chi connectivity index (χ0v) is 25.3. The van der Waals surface area contributed by atoms with Crippen LogP contribution in [0.3, 0.4) is 0 Å². The van der Waals surface area contributed by atoms with Gasteiger partial charge in [0.05, 0.1) is 23.9 Å². The van der Waals surface area contributed by atoms with Gasteiger partial charge >= 0.3 is 0 Å². The average molecular weight is 584 g/mol. The summed E-state index contributed by atoms with van der Waals surface area (Å²) in [4.78, 5) is 4.83. The normalized spacial score (nSPS) is 12.6. The van der Waals surface area contributed by atoms with Crippen molar-refractivity contribution in [3.8, 4) is 23.3 Å². The Kier molecular flexibility index (Phi) is 9.63. The molecule has 0 aliphatic heterocycles. The summed E-state index contributed by atoms with van der Waals surface area (Å²) in [6, 6.07) is 13.4. The third-order valence-corrected chi connectivity index (χ3v) is 8.61. The number of aryl methyl sites for hydroxylation is 1. The van der Waals surface area contributed by atoms with Gasteiger partial charge in [0.1, 0.15) is 30.5 Å². The summed E-state index contributed by atoms with van der Waals surface area (Å²) in [7, 11) is 0.284. The van der Waals surface area contributed by atoms with Gasteiger partial charge in [0.15, 0.2) is 11.6 Å². The van der Waals surface area contributed by atoms with E-state index in [9.17, 15) is 9.65 Å². The molecule has 0 saturated carbocycles. The van der Waals surface area contributed by atoms with Crippen LogP contribution in [0.1, 0.15) is 35.0 Å². The smallest absolute Gasteiger partial charge is 0.198 e. The molecule has 1 atom stereocenters. The molecule has 2 aromatic carbocycles. The SMILES string of the molecule is COc1c(C#N)ccc2c1cc(-c1n[nH]c(C(OCCCCl)c3ccc(F)cc3C)n1)n2COCC[Si](C)(C)C. The molecule has 1 N–H and O–H groups in total. The molecule has 4 aromatic rings. The zero-order chi connectivity index (χ0) is 28.9. The summed E-state index contributed by atoms with van der Waals surface area (Å²) in [5.41, 5.74) is 3.51. The highest BCUT2D eigenvalue weighted by Gasteiger charge is 2.25. The number of nitriles is 1. The van der Waals surface area contributed by atoms with E-state index in [0.29, 0.717) is 54.2 Å². The van der Waals surface area contributed by atoms with Crippen LogP contribution in [0.5, 0.6) is 5.75 Å². The number of H-pyrrole nitrogens is 1. The molecule has 212 valence electrons. The Hall–Kier alpha value is -3.23. The summed E-state index contributed by atoms with van der Waals surface area (Å²) < 4.78 is 33.8. The fourth-order valence-electron chi connectivity index (χ4n) is 4.49. The lowest BCUT2D eigenvalue weighted by Crippen LogP contribution is -2.22. The van der Waals surface area contributed by atoms with E-state index in [1.807, 2.05) is 23.6 Å². The largest absolute Gasteiger partial charge is 0.495 e. The molecule has 8 nitrogen and oxygen atoms in total. The second kappa shape index (κ2) is 13.0. The van der Waals surface area contributed by atoms with Gasteiger partial charge in [0.25, 0.3) is 0 Å². The van der Waals surface area contributed by atoms with Crippen LogP contribution in [-0.4, -0.2) is 54.0 Å². The summed E-state index contributed by atoms with van der Waals surface area (Å²) >= 11 is 5.88. The van der Waals surface area contributed by atoms with Crippen LogP contribution in [0.2, 0.25) is 25.7 Å². The van der Waals surface area contributed by atoms with Gasteiger partial charge in [0, 0.05) is 32.6 Å². The molecule has 0 fully saturated rings. The quantitative estimate of drug-likeness (QED) is 0.106. The number of benzene rings is 2. The fourth-order valence-corrected chi connectivity index (χ4v) is 5.35. The van der Waals surface area contributed by atoms with E-state index in [1.165, 1.54) is 12.1 Å². The molecule has 0 aliphatic rings. The van der Waals surface area contributed by atoms with Crippen molar-refractivity contribution in [2.45, 2.75) is 51.9 Å². The number of hydrogen-bond acceptors (Lipinski definition) is 6. The highest BCUT2D eigenvalue weighted by atomic mass is 35.5. The molecule has 2 aromatic heterocycles. The number of nitrogens with one attached hydrogen (secondary N) is 1. The van der Waals surface area contributed by atoms with Gasteiger partial charge in [-0.1, -0.05) is 25.7 Å². The minimum absolute atomic E-state index is 0.287. The van der Waals surface area contributed by atoms with E-state index in [0.717, 1.165) is 28.1 Å². The molecule has 11 heteroatoms. The lowest BCUT2D eigenvalue weighted by Gasteiger charge is -2.18. The Bertz CT molecular complexity index is 1510. The summed E-state index contributed by atoms with van der Waals surface area (Å²) in [5, 5.41) is 18.0. The molecular weight excluding hydrogens is 549 g/mol. The van der Waals surface area contributed by atoms with Crippen molar-refractivity contribution in [2.75, 3.05) is 26.2 Å². The van der Waals surface area contributed by atoms with Crippen molar-refractivity contribution < 1.29 is 18.6 Å². The standard InChI is InChI=1S/C29H35ClFN5O3Si/c1-19-15-21(31)8-9-22(19)27(39-12-6-11-30)29-33-28(34-35-29)25-16-23-24(10-7-20(17-32)26(23)37-2)36(25)18-38-13-14-40(3,4)5/h7-10,15-16,27H,6,11-14,18H2,1-5H3,(H,33,34,35). The van der Waals surface area contributed by atoms with Gasteiger partial charge < -0.3 is 18.8 Å². The number of nitrogens with zero attached hydrogens (tertiary/aromatic N) is 4. The summed E-state index contributed by atoms with van der Waals surface area (Å²) in [5.74, 6) is 1.55. The van der Waals surface area contributed by atoms with E-state index < -0.39 is 14.2 Å². The molecular formula is C29H35ClFN5O3Si. The van der Waals surface area contributed by atoms with Crippen molar-refractivity contribution >= 4 is 30.6 Å². The van der Waals surface area contributed by atoms with Gasteiger partial charge in [-0.2, -0.15) is 10.4 Å². The number of ether oxygens (including phenoxy) is 3. The van der Waals surface area contributed by atoms with Crippen molar-refractivity contribution in [1.82, 2.24) is 19.7 Å². The number of halogens is 2. The topological polar surface area (TPSA) is 98.0 Å². The highest BCUT2D eigenvalue weighted by molar-refractivity contribution is 6.76. The van der Waals surface area contributed by atoms with E-state index in [4.69, 9.17) is 30.8 Å². The molecule has 0 saturated heterocycles. The predicted molar refractivity (Wildman–Crippen MR) is 157 cm³/mol. The Morgan fingerprint density at radius 2 is 1.98 bits per heavy atom. The van der Waals surface area contributed by atoms with Gasteiger partial charge in [-0.05, 0) is 60.8 Å². The number of hydrogen-bond donors (Lipinski definition) is 1. The first-order chi connectivity index (χ1) is 19.2. The molecule has 0 amide bonds. The molecule has 40 heavy (non-hydrogen) atoms. The van der Waals surface area contributed by atoms with Gasteiger partial charge in [-0.25, -0.2) is 9.37 Å². The molecule has 2 heterocycles. The Balaban J connectivity index is 1.76. The Labute approximate surface area is 240 Å². The summed E-state index contributed by atoms with van der Waals surface area (Å²) in [6.45, 7) is 10.1. The first-order valence-corrected chi connectivity index (χ1v) is 17.5. The minimum Gasteiger partial charge on any atom is -0.495 e. The van der Waals surface area contributed by atoms with Crippen LogP contribution in [0, 0.1) is 24.1 Å². The van der Waals surface area contributed by atoms with Gasteiger partial charge in [-0.15, -0.1) is 11.6 Å². The van der Waals surface area contributed by atoms with Crippen LogP contribution in [0.4, 0.5) is 4.39 Å². The number of methoxy groups -OCH3 is 1. The van der Waals surface area contributed by atoms with Crippen molar-refractivity contribution in [2.24, 2.45) is 0 Å². The van der Waals surface area contributed by atoms with Crippen LogP contribution in [0.25, 0.3) is 22.4 Å². The highest BCUT2D eigenvalue weighted by Crippen LogP contribution is 2.36. The molecule has 0 radical (unpaired) electrons. The second-order valence-corrected chi connectivity index (χ2v) is 16.8. The predicted octanol–water partition coefficient (Wildman–Crippen LogP) is 6.80. The lowest BCUT2D eigenvalue weighted by atomic mass is 10.0. The van der Waals surface area contributed by atoms with E-state index >= 15 is 0 Å². The van der Waals surface area contributed by atoms with Gasteiger partial charge in [0.2, 0.25) is 0 Å². The van der Waals surface area contributed by atoms with E-state index in [-0.39, 0.29) is 12.5 Å². The zero-order valence-electron chi connectivity index (χ0n) is 23.6. The third-order valence-electron chi connectivity index (χ3n) is 6.63. The van der Waals surface area contributed by atoms with Crippen molar-refractivity contribution in [1.29, 1.82) is 5.26 Å². The number of aromatic nitrogens is 4. The number of rotatable bonds is 13. The lowest BCUT2D eigenvalue weighted by molar-refractivity contribution is 0.0749. The molecule has 0 bridgehead atoms. The van der Waals surface area contributed by atoms with Crippen LogP contribution >= 0.6 is 11.6 Å². The maximum absolute atomic E-state index is 13.9. The second-order valence-electron chi connectivity index (χ2n) is 10.8.